The van der Waals surface area contributed by atoms with Crippen LogP contribution in [0.5, 0.6) is 11.5 Å². The fraction of sp³-hybridized carbons (Fsp3) is 0.391. The first-order valence-corrected chi connectivity index (χ1v) is 9.95. The number of hydrogen-bond donors (Lipinski definition) is 2. The topological polar surface area (TPSA) is 70.7 Å². The van der Waals surface area contributed by atoms with Gasteiger partial charge in [0.15, 0.2) is 0 Å². The lowest BCUT2D eigenvalue weighted by Crippen LogP contribution is -2.56. The molecule has 1 aliphatic heterocycles. The average molecular weight is 396 g/mol. The van der Waals surface area contributed by atoms with E-state index in [9.17, 15) is 9.59 Å². The second kappa shape index (κ2) is 9.09. The van der Waals surface area contributed by atoms with Crippen LogP contribution in [-0.2, 0) is 16.1 Å². The highest BCUT2D eigenvalue weighted by Gasteiger charge is 2.32. The maximum atomic E-state index is 12.4. The van der Waals surface area contributed by atoms with Crippen LogP contribution >= 0.6 is 0 Å². The van der Waals surface area contributed by atoms with Crippen molar-refractivity contribution >= 4 is 11.8 Å². The molecule has 2 amide bonds. The molecule has 0 radical (unpaired) electrons. The molecule has 154 valence electrons. The summed E-state index contributed by atoms with van der Waals surface area (Å²) in [6, 6.07) is 17.0. The second-order valence-electron chi connectivity index (χ2n) is 8.34. The number of nitrogens with one attached hydrogen (secondary N) is 2. The fourth-order valence-electron chi connectivity index (χ4n) is 3.38. The minimum absolute atomic E-state index is 0.100. The smallest absolute Gasteiger partial charge is 0.237 e. The Hall–Kier alpha value is -2.86. The number of rotatable bonds is 6. The highest BCUT2D eigenvalue weighted by molar-refractivity contribution is 5.89. The third-order valence-electron chi connectivity index (χ3n) is 4.60. The minimum atomic E-state index is -0.482. The number of hydrogen-bond acceptors (Lipinski definition) is 4. The molecule has 1 fully saturated rings. The van der Waals surface area contributed by atoms with Crippen molar-refractivity contribution in [1.29, 1.82) is 0 Å². The number of piperazine rings is 1. The Kier molecular flexibility index (Phi) is 6.54. The van der Waals surface area contributed by atoms with Gasteiger partial charge in [0.05, 0.1) is 12.5 Å². The van der Waals surface area contributed by atoms with Crippen molar-refractivity contribution in [3.63, 3.8) is 0 Å². The Bertz CT molecular complexity index is 846. The van der Waals surface area contributed by atoms with E-state index >= 15 is 0 Å². The number of ether oxygens (including phenoxy) is 1. The number of carbonyl (C=O) groups is 2. The maximum Gasteiger partial charge on any atom is 0.237 e. The van der Waals surface area contributed by atoms with E-state index < -0.39 is 6.04 Å². The van der Waals surface area contributed by atoms with Gasteiger partial charge in [-0.2, -0.15) is 0 Å². The van der Waals surface area contributed by atoms with E-state index in [0.717, 1.165) is 17.1 Å². The van der Waals surface area contributed by atoms with E-state index in [0.29, 0.717) is 19.6 Å². The maximum absolute atomic E-state index is 12.4. The lowest BCUT2D eigenvalue weighted by atomic mass is 10.0. The van der Waals surface area contributed by atoms with Crippen LogP contribution in [0.25, 0.3) is 0 Å². The van der Waals surface area contributed by atoms with Gasteiger partial charge in [0.25, 0.3) is 0 Å². The van der Waals surface area contributed by atoms with Crippen molar-refractivity contribution in [2.75, 3.05) is 13.1 Å². The Morgan fingerprint density at radius 3 is 2.59 bits per heavy atom. The van der Waals surface area contributed by atoms with Crippen LogP contribution in [0.3, 0.4) is 0 Å². The molecule has 0 bridgehead atoms. The molecular formula is C23H29N3O3. The van der Waals surface area contributed by atoms with Gasteiger partial charge in [0, 0.05) is 25.2 Å². The minimum Gasteiger partial charge on any atom is -0.457 e. The molecule has 2 aromatic carbocycles. The molecule has 0 saturated carbocycles. The number of carbonyl (C=O) groups excluding carboxylic acids is 2. The van der Waals surface area contributed by atoms with Gasteiger partial charge in [-0.25, -0.2) is 0 Å². The monoisotopic (exact) mass is 395 g/mol. The molecule has 3 rings (SSSR count). The van der Waals surface area contributed by atoms with Crippen molar-refractivity contribution in [2.45, 2.75) is 45.3 Å². The summed E-state index contributed by atoms with van der Waals surface area (Å²) in [6.07, 6.45) is 0.142. The second-order valence-corrected chi connectivity index (χ2v) is 8.34. The first-order chi connectivity index (χ1) is 13.8. The lowest BCUT2D eigenvalue weighted by Gasteiger charge is -2.35. The van der Waals surface area contributed by atoms with Crippen LogP contribution in [0.15, 0.2) is 54.6 Å². The molecule has 0 spiro atoms. The van der Waals surface area contributed by atoms with Crippen LogP contribution in [0, 0.1) is 0 Å². The summed E-state index contributed by atoms with van der Waals surface area (Å²) >= 11 is 0. The summed E-state index contributed by atoms with van der Waals surface area (Å²) in [7, 11) is 0. The van der Waals surface area contributed by atoms with Crippen LogP contribution in [0.4, 0.5) is 0 Å². The van der Waals surface area contributed by atoms with E-state index in [4.69, 9.17) is 4.74 Å². The zero-order valence-electron chi connectivity index (χ0n) is 17.3. The zero-order chi connectivity index (χ0) is 20.9. The van der Waals surface area contributed by atoms with E-state index in [2.05, 4.69) is 15.5 Å². The Morgan fingerprint density at radius 1 is 1.14 bits per heavy atom. The van der Waals surface area contributed by atoms with Gasteiger partial charge in [-0.1, -0.05) is 30.3 Å². The molecule has 0 aliphatic carbocycles. The molecule has 6 nitrogen and oxygen atoms in total. The molecule has 0 aromatic heterocycles. The van der Waals surface area contributed by atoms with E-state index in [1.165, 1.54) is 0 Å². The van der Waals surface area contributed by atoms with Crippen LogP contribution < -0.4 is 15.4 Å². The molecule has 1 heterocycles. The van der Waals surface area contributed by atoms with Crippen molar-refractivity contribution in [3.05, 3.63) is 60.2 Å². The van der Waals surface area contributed by atoms with Gasteiger partial charge in [-0.05, 0) is 50.6 Å². The number of para-hydroxylation sites is 1. The number of benzene rings is 2. The summed E-state index contributed by atoms with van der Waals surface area (Å²) in [5.41, 5.74) is 0.713. The molecule has 2 N–H and O–H groups in total. The highest BCUT2D eigenvalue weighted by Crippen LogP contribution is 2.23. The van der Waals surface area contributed by atoms with Gasteiger partial charge in [-0.15, -0.1) is 0 Å². The molecule has 29 heavy (non-hydrogen) atoms. The van der Waals surface area contributed by atoms with Crippen LogP contribution in [-0.4, -0.2) is 41.4 Å². The zero-order valence-corrected chi connectivity index (χ0v) is 17.3. The average Bonchev–Trinajstić information content (AvgIpc) is 2.64. The Balaban J connectivity index is 1.69. The van der Waals surface area contributed by atoms with Gasteiger partial charge >= 0.3 is 0 Å². The van der Waals surface area contributed by atoms with Gasteiger partial charge < -0.3 is 15.4 Å². The number of nitrogens with zero attached hydrogens (tertiary/aromatic N) is 1. The third kappa shape index (κ3) is 6.32. The van der Waals surface area contributed by atoms with Crippen molar-refractivity contribution in [1.82, 2.24) is 15.5 Å². The fourth-order valence-corrected chi connectivity index (χ4v) is 3.38. The van der Waals surface area contributed by atoms with Crippen molar-refractivity contribution < 1.29 is 14.3 Å². The summed E-state index contributed by atoms with van der Waals surface area (Å²) < 4.78 is 5.91. The van der Waals surface area contributed by atoms with Gasteiger partial charge in [-0.3, -0.25) is 14.5 Å². The molecule has 2 aromatic rings. The van der Waals surface area contributed by atoms with Crippen LogP contribution in [0.2, 0.25) is 0 Å². The van der Waals surface area contributed by atoms with Crippen LogP contribution in [0.1, 0.15) is 32.8 Å². The Labute approximate surface area is 172 Å². The molecule has 0 unspecified atom stereocenters. The summed E-state index contributed by atoms with van der Waals surface area (Å²) in [4.78, 5) is 26.9. The standard InChI is InChI=1S/C23H29N3O3/c1-23(2,3)25-21(27)15-20-22(28)24-12-13-26(20)16-17-8-7-11-19(14-17)29-18-9-5-4-6-10-18/h4-11,14,20H,12-13,15-16H2,1-3H3,(H,24,28)(H,25,27)/t20-/m1/s1. The largest absolute Gasteiger partial charge is 0.457 e. The Morgan fingerprint density at radius 2 is 1.86 bits per heavy atom. The van der Waals surface area contributed by atoms with Gasteiger partial charge in [0.2, 0.25) is 11.8 Å². The predicted octanol–water partition coefficient (Wildman–Crippen LogP) is 3.08. The molecule has 1 atom stereocenters. The first-order valence-electron chi connectivity index (χ1n) is 9.95. The molecule has 1 saturated heterocycles. The van der Waals surface area contributed by atoms with E-state index in [1.807, 2.05) is 75.4 Å². The first kappa shape index (κ1) is 20.9. The normalized spacial score (nSPS) is 17.5. The predicted molar refractivity (Wildman–Crippen MR) is 113 cm³/mol. The van der Waals surface area contributed by atoms with Crippen molar-refractivity contribution in [3.8, 4) is 11.5 Å². The number of amides is 2. The summed E-state index contributed by atoms with van der Waals surface area (Å²) in [5.74, 6) is 1.30. The molecular weight excluding hydrogens is 366 g/mol. The lowest BCUT2D eigenvalue weighted by molar-refractivity contribution is -0.134. The van der Waals surface area contributed by atoms with Crippen molar-refractivity contribution in [2.24, 2.45) is 0 Å². The summed E-state index contributed by atoms with van der Waals surface area (Å²) in [5, 5.41) is 5.82. The SMILES string of the molecule is CC(C)(C)NC(=O)C[C@@H]1C(=O)NCCN1Cc1cccc(Oc2ccccc2)c1. The van der Waals surface area contributed by atoms with E-state index in [1.54, 1.807) is 0 Å². The quantitative estimate of drug-likeness (QED) is 0.789. The van der Waals surface area contributed by atoms with Gasteiger partial charge in [0.1, 0.15) is 11.5 Å². The molecule has 1 aliphatic rings. The molecule has 6 heteroatoms. The summed E-state index contributed by atoms with van der Waals surface area (Å²) in [6.45, 7) is 7.65. The third-order valence-corrected chi connectivity index (χ3v) is 4.60. The van der Waals surface area contributed by atoms with E-state index in [-0.39, 0.29) is 23.8 Å². The highest BCUT2D eigenvalue weighted by atomic mass is 16.5.